The van der Waals surface area contributed by atoms with Gasteiger partial charge in [-0.3, -0.25) is 4.79 Å². The van der Waals surface area contributed by atoms with Crippen molar-refractivity contribution in [3.63, 3.8) is 0 Å². The molecule has 1 atom stereocenters. The van der Waals surface area contributed by atoms with Crippen molar-refractivity contribution >= 4 is 17.2 Å². The Kier molecular flexibility index (Phi) is 4.55. The molecule has 0 unspecified atom stereocenters. The lowest BCUT2D eigenvalue weighted by molar-refractivity contribution is -0.122. The smallest absolute Gasteiger partial charge is 0.237 e. The molecule has 1 radical (unpaired) electrons. The highest BCUT2D eigenvalue weighted by Gasteiger charge is 2.14. The highest BCUT2D eigenvalue weighted by Crippen LogP contribution is 2.06. The van der Waals surface area contributed by atoms with Crippen molar-refractivity contribution in [2.75, 3.05) is 6.54 Å². The molecule has 1 amide bonds. The average Bonchev–Trinajstić information content (AvgIpc) is 2.66. The quantitative estimate of drug-likeness (QED) is 0.740. The average molecular weight is 212 g/mol. The number of carbonyl (C=O) groups excluding carboxylic acids is 1. The van der Waals surface area contributed by atoms with Crippen LogP contribution in [0, 0.1) is 6.42 Å². The monoisotopic (exact) mass is 212 g/mol. The molecule has 5 heteroatoms. The predicted octanol–water partition coefficient (Wildman–Crippen LogP) is 0.353. The summed E-state index contributed by atoms with van der Waals surface area (Å²) in [6, 6.07) is -0.499. The first-order valence-electron chi connectivity index (χ1n) is 4.43. The van der Waals surface area contributed by atoms with Gasteiger partial charge in [0.1, 0.15) is 0 Å². The summed E-state index contributed by atoms with van der Waals surface area (Å²) in [7, 11) is 0. The van der Waals surface area contributed by atoms with E-state index in [1.165, 1.54) is 11.3 Å². The van der Waals surface area contributed by atoms with Crippen LogP contribution in [0.2, 0.25) is 0 Å². The largest absolute Gasteiger partial charge is 0.354 e. The number of hydrogen-bond donors (Lipinski definition) is 2. The van der Waals surface area contributed by atoms with E-state index in [0.717, 1.165) is 5.01 Å². The zero-order chi connectivity index (χ0) is 10.4. The van der Waals surface area contributed by atoms with Crippen LogP contribution < -0.4 is 11.1 Å². The lowest BCUT2D eigenvalue weighted by atomic mass is 10.2. The number of nitrogens with two attached hydrogens (primary N) is 1. The Balaban J connectivity index is 2.34. The van der Waals surface area contributed by atoms with E-state index < -0.39 is 6.04 Å². The van der Waals surface area contributed by atoms with Crippen molar-refractivity contribution in [2.45, 2.75) is 19.4 Å². The Morgan fingerprint density at radius 3 is 3.21 bits per heavy atom. The van der Waals surface area contributed by atoms with Crippen molar-refractivity contribution in [1.29, 1.82) is 0 Å². The van der Waals surface area contributed by atoms with Gasteiger partial charge in [-0.25, -0.2) is 4.98 Å². The van der Waals surface area contributed by atoms with Crippen molar-refractivity contribution in [3.8, 4) is 0 Å². The normalized spacial score (nSPS) is 12.4. The number of carbonyl (C=O) groups is 1. The maximum atomic E-state index is 11.3. The molecule has 0 saturated carbocycles. The van der Waals surface area contributed by atoms with Crippen LogP contribution in [0.25, 0.3) is 0 Å². The van der Waals surface area contributed by atoms with E-state index in [1.54, 1.807) is 6.20 Å². The molecule has 0 aromatic carbocycles. The third-order valence-electron chi connectivity index (χ3n) is 1.70. The van der Waals surface area contributed by atoms with Crippen LogP contribution in [0.3, 0.4) is 0 Å². The fourth-order valence-corrected chi connectivity index (χ4v) is 1.64. The van der Waals surface area contributed by atoms with E-state index in [-0.39, 0.29) is 5.91 Å². The van der Waals surface area contributed by atoms with Gasteiger partial charge in [-0.1, -0.05) is 6.92 Å². The minimum absolute atomic E-state index is 0.127. The Morgan fingerprint density at radius 2 is 2.64 bits per heavy atom. The molecule has 1 aromatic rings. The van der Waals surface area contributed by atoms with Gasteiger partial charge in [0, 0.05) is 24.5 Å². The van der Waals surface area contributed by atoms with E-state index in [1.807, 2.05) is 18.7 Å². The summed E-state index contributed by atoms with van der Waals surface area (Å²) in [5, 5.41) is 5.47. The number of thiazole rings is 1. The van der Waals surface area contributed by atoms with E-state index in [4.69, 9.17) is 5.73 Å². The van der Waals surface area contributed by atoms with E-state index in [0.29, 0.717) is 13.0 Å². The third kappa shape index (κ3) is 3.43. The highest BCUT2D eigenvalue weighted by atomic mass is 32.1. The van der Waals surface area contributed by atoms with E-state index >= 15 is 0 Å². The Bertz CT molecular complexity index is 274. The molecule has 3 N–H and O–H groups in total. The Morgan fingerprint density at radius 1 is 1.86 bits per heavy atom. The Labute approximate surface area is 87.5 Å². The molecule has 0 bridgehead atoms. The summed E-state index contributed by atoms with van der Waals surface area (Å²) in [5.41, 5.74) is 5.69. The SMILES string of the molecule is C[CH]CNC(=O)[C@@H](N)Cc1nccs1. The standard InChI is InChI=1S/C9H14N3OS/c1-2-3-12-9(13)7(10)6-8-11-4-5-14-8/h2,4-5,7H,3,6,10H2,1H3,(H,12,13)/t7-/m0/s1. The third-order valence-corrected chi connectivity index (χ3v) is 2.50. The van der Waals surface area contributed by atoms with Gasteiger partial charge in [0.2, 0.25) is 5.91 Å². The van der Waals surface area contributed by atoms with Crippen molar-refractivity contribution < 1.29 is 4.79 Å². The first-order chi connectivity index (χ1) is 6.74. The van der Waals surface area contributed by atoms with Gasteiger partial charge >= 0.3 is 0 Å². The molecule has 1 heterocycles. The summed E-state index contributed by atoms with van der Waals surface area (Å²) in [6.45, 7) is 2.44. The molecule has 0 aliphatic rings. The van der Waals surface area contributed by atoms with Crippen molar-refractivity contribution in [3.05, 3.63) is 23.0 Å². The summed E-state index contributed by atoms with van der Waals surface area (Å²) in [4.78, 5) is 15.4. The van der Waals surface area contributed by atoms with Crippen LogP contribution >= 0.6 is 11.3 Å². The van der Waals surface area contributed by atoms with Crippen LogP contribution in [0.4, 0.5) is 0 Å². The number of nitrogens with zero attached hydrogens (tertiary/aromatic N) is 1. The molecule has 0 aliphatic carbocycles. The van der Waals surface area contributed by atoms with E-state index in [2.05, 4.69) is 10.3 Å². The zero-order valence-electron chi connectivity index (χ0n) is 8.06. The minimum Gasteiger partial charge on any atom is -0.354 e. The molecular formula is C9H14N3OS. The maximum absolute atomic E-state index is 11.3. The summed E-state index contributed by atoms with van der Waals surface area (Å²) in [6.07, 6.45) is 4.09. The van der Waals surface area contributed by atoms with Crippen LogP contribution in [-0.2, 0) is 11.2 Å². The van der Waals surface area contributed by atoms with Gasteiger partial charge in [0.15, 0.2) is 0 Å². The van der Waals surface area contributed by atoms with Crippen LogP contribution in [0.15, 0.2) is 11.6 Å². The fourth-order valence-electron chi connectivity index (χ4n) is 0.968. The zero-order valence-corrected chi connectivity index (χ0v) is 8.88. The molecule has 0 saturated heterocycles. The van der Waals surface area contributed by atoms with Gasteiger partial charge in [-0.2, -0.15) is 0 Å². The number of hydrogen-bond acceptors (Lipinski definition) is 4. The van der Waals surface area contributed by atoms with Gasteiger partial charge in [-0.05, 0) is 6.42 Å². The lowest BCUT2D eigenvalue weighted by Gasteiger charge is -2.09. The second-order valence-corrected chi connectivity index (χ2v) is 3.87. The number of rotatable bonds is 5. The minimum atomic E-state index is -0.499. The first-order valence-corrected chi connectivity index (χ1v) is 5.31. The van der Waals surface area contributed by atoms with Crippen molar-refractivity contribution in [2.24, 2.45) is 5.73 Å². The highest BCUT2D eigenvalue weighted by molar-refractivity contribution is 7.09. The molecule has 77 valence electrons. The molecule has 14 heavy (non-hydrogen) atoms. The Hall–Kier alpha value is -0.940. The van der Waals surface area contributed by atoms with Gasteiger partial charge in [-0.15, -0.1) is 11.3 Å². The molecular weight excluding hydrogens is 198 g/mol. The van der Waals surface area contributed by atoms with Crippen LogP contribution in [-0.4, -0.2) is 23.5 Å². The number of amides is 1. The maximum Gasteiger partial charge on any atom is 0.237 e. The second kappa shape index (κ2) is 5.72. The topological polar surface area (TPSA) is 68.0 Å². The molecule has 0 aliphatic heterocycles. The van der Waals surface area contributed by atoms with E-state index in [9.17, 15) is 4.79 Å². The van der Waals surface area contributed by atoms with Gasteiger partial charge in [0.25, 0.3) is 0 Å². The predicted molar refractivity (Wildman–Crippen MR) is 56.8 cm³/mol. The second-order valence-electron chi connectivity index (χ2n) is 2.89. The van der Waals surface area contributed by atoms with Crippen LogP contribution in [0.5, 0.6) is 0 Å². The summed E-state index contributed by atoms with van der Waals surface area (Å²) in [5.74, 6) is -0.127. The fraction of sp³-hybridized carbons (Fsp3) is 0.444. The molecule has 0 spiro atoms. The van der Waals surface area contributed by atoms with Crippen molar-refractivity contribution in [1.82, 2.24) is 10.3 Å². The molecule has 4 nitrogen and oxygen atoms in total. The summed E-state index contributed by atoms with van der Waals surface area (Å²) < 4.78 is 0. The number of aromatic nitrogens is 1. The van der Waals surface area contributed by atoms with Gasteiger partial charge in [0.05, 0.1) is 11.0 Å². The summed E-state index contributed by atoms with van der Waals surface area (Å²) >= 11 is 1.51. The van der Waals surface area contributed by atoms with Crippen LogP contribution in [0.1, 0.15) is 11.9 Å². The first kappa shape index (κ1) is 11.1. The number of nitrogens with one attached hydrogen (secondary N) is 1. The lowest BCUT2D eigenvalue weighted by Crippen LogP contribution is -2.42. The molecule has 1 rings (SSSR count). The molecule has 1 aromatic heterocycles. The molecule has 0 fully saturated rings. The van der Waals surface area contributed by atoms with Gasteiger partial charge < -0.3 is 11.1 Å².